The van der Waals surface area contributed by atoms with E-state index in [1.54, 1.807) is 0 Å². The van der Waals surface area contributed by atoms with Gasteiger partial charge in [0.1, 0.15) is 11.5 Å². The second-order valence-electron chi connectivity index (χ2n) is 4.15. The summed E-state index contributed by atoms with van der Waals surface area (Å²) in [5.74, 6) is -1.12. The SMILES string of the molecule is COCC(CNc1nc(C(F)(F)F)ccc1C(N)=O)OC. The van der Waals surface area contributed by atoms with Crippen LogP contribution in [-0.2, 0) is 15.7 Å². The molecule has 0 bridgehead atoms. The molecule has 0 saturated heterocycles. The van der Waals surface area contributed by atoms with E-state index in [2.05, 4.69) is 10.3 Å². The number of rotatable bonds is 7. The molecule has 0 aromatic carbocycles. The summed E-state index contributed by atoms with van der Waals surface area (Å²) >= 11 is 0. The van der Waals surface area contributed by atoms with E-state index < -0.39 is 23.9 Å². The topological polar surface area (TPSA) is 86.5 Å². The predicted molar refractivity (Wildman–Crippen MR) is 68.9 cm³/mol. The molecule has 6 nitrogen and oxygen atoms in total. The standard InChI is InChI=1S/C12H16F3N3O3/c1-20-6-7(21-2)5-17-11-8(10(16)19)3-4-9(18-11)12(13,14)15/h3-4,7H,5-6H2,1-2H3,(H2,16,19)(H,17,18). The molecular formula is C12H16F3N3O3. The fourth-order valence-electron chi connectivity index (χ4n) is 1.56. The number of hydrogen-bond acceptors (Lipinski definition) is 5. The van der Waals surface area contributed by atoms with Crippen LogP contribution >= 0.6 is 0 Å². The lowest BCUT2D eigenvalue weighted by Crippen LogP contribution is -2.28. The van der Waals surface area contributed by atoms with Crippen molar-refractivity contribution in [3.8, 4) is 0 Å². The van der Waals surface area contributed by atoms with E-state index in [0.717, 1.165) is 6.07 Å². The zero-order valence-corrected chi connectivity index (χ0v) is 11.5. The van der Waals surface area contributed by atoms with Gasteiger partial charge in [0.25, 0.3) is 5.91 Å². The van der Waals surface area contributed by atoms with Crippen molar-refractivity contribution in [2.24, 2.45) is 5.73 Å². The van der Waals surface area contributed by atoms with Crippen LogP contribution in [0, 0.1) is 0 Å². The van der Waals surface area contributed by atoms with Crippen molar-refractivity contribution in [3.63, 3.8) is 0 Å². The first-order valence-corrected chi connectivity index (χ1v) is 5.93. The largest absolute Gasteiger partial charge is 0.433 e. The highest BCUT2D eigenvalue weighted by atomic mass is 19.4. The Bertz CT molecular complexity index is 494. The van der Waals surface area contributed by atoms with Gasteiger partial charge < -0.3 is 20.5 Å². The Balaban J connectivity index is 2.98. The number of halogens is 3. The van der Waals surface area contributed by atoms with Crippen LogP contribution in [0.1, 0.15) is 16.1 Å². The minimum absolute atomic E-state index is 0.110. The summed E-state index contributed by atoms with van der Waals surface area (Å²) in [5.41, 5.74) is 3.87. The highest BCUT2D eigenvalue weighted by Gasteiger charge is 2.33. The lowest BCUT2D eigenvalue weighted by atomic mass is 10.2. The fraction of sp³-hybridized carbons (Fsp3) is 0.500. The molecule has 1 aromatic heterocycles. The number of carbonyl (C=O) groups is 1. The molecule has 0 aliphatic rings. The Morgan fingerprint density at radius 1 is 1.43 bits per heavy atom. The van der Waals surface area contributed by atoms with Crippen LogP contribution in [0.3, 0.4) is 0 Å². The lowest BCUT2D eigenvalue weighted by Gasteiger charge is -2.17. The first-order chi connectivity index (χ1) is 9.79. The normalized spacial score (nSPS) is 13.0. The van der Waals surface area contributed by atoms with Gasteiger partial charge in [-0.05, 0) is 12.1 Å². The van der Waals surface area contributed by atoms with Gasteiger partial charge in [-0.2, -0.15) is 13.2 Å². The number of anilines is 1. The van der Waals surface area contributed by atoms with Crippen molar-refractivity contribution in [1.29, 1.82) is 0 Å². The van der Waals surface area contributed by atoms with E-state index >= 15 is 0 Å². The van der Waals surface area contributed by atoms with Crippen LogP contribution < -0.4 is 11.1 Å². The minimum Gasteiger partial charge on any atom is -0.382 e. The summed E-state index contributed by atoms with van der Waals surface area (Å²) in [6, 6.07) is 1.69. The van der Waals surface area contributed by atoms with Gasteiger partial charge >= 0.3 is 6.18 Å². The van der Waals surface area contributed by atoms with Crippen LogP contribution in [0.2, 0.25) is 0 Å². The Labute approximate surface area is 119 Å². The number of hydrogen-bond donors (Lipinski definition) is 2. The average molecular weight is 307 g/mol. The summed E-state index contributed by atoms with van der Waals surface area (Å²) in [5, 5.41) is 2.63. The Hall–Kier alpha value is -1.87. The van der Waals surface area contributed by atoms with Crippen molar-refractivity contribution in [1.82, 2.24) is 4.98 Å². The van der Waals surface area contributed by atoms with E-state index in [9.17, 15) is 18.0 Å². The van der Waals surface area contributed by atoms with Crippen LogP contribution in [0.15, 0.2) is 12.1 Å². The molecule has 118 valence electrons. The summed E-state index contributed by atoms with van der Waals surface area (Å²) in [4.78, 5) is 14.6. The zero-order valence-electron chi connectivity index (χ0n) is 11.5. The van der Waals surface area contributed by atoms with Crippen molar-refractivity contribution in [2.75, 3.05) is 32.7 Å². The van der Waals surface area contributed by atoms with Gasteiger partial charge in [0, 0.05) is 20.8 Å². The van der Waals surface area contributed by atoms with Crippen molar-refractivity contribution in [3.05, 3.63) is 23.4 Å². The molecule has 0 aliphatic heterocycles. The number of nitrogens with one attached hydrogen (secondary N) is 1. The summed E-state index contributed by atoms with van der Waals surface area (Å²) in [6.07, 6.45) is -5.02. The number of primary amides is 1. The van der Waals surface area contributed by atoms with E-state index in [1.807, 2.05) is 0 Å². The molecule has 0 aliphatic carbocycles. The van der Waals surface area contributed by atoms with Gasteiger partial charge in [-0.3, -0.25) is 4.79 Å². The second kappa shape index (κ2) is 7.23. The van der Waals surface area contributed by atoms with E-state index in [-0.39, 0.29) is 24.5 Å². The molecule has 0 saturated carbocycles. The van der Waals surface area contributed by atoms with E-state index in [4.69, 9.17) is 15.2 Å². The number of pyridine rings is 1. The highest BCUT2D eigenvalue weighted by Crippen LogP contribution is 2.29. The van der Waals surface area contributed by atoms with Gasteiger partial charge in [-0.1, -0.05) is 0 Å². The number of carbonyl (C=O) groups excluding carboxylic acids is 1. The number of methoxy groups -OCH3 is 2. The van der Waals surface area contributed by atoms with Gasteiger partial charge in [0.15, 0.2) is 0 Å². The maximum Gasteiger partial charge on any atom is 0.433 e. The average Bonchev–Trinajstić information content (AvgIpc) is 2.41. The summed E-state index contributed by atoms with van der Waals surface area (Å²) in [6.45, 7) is 0.341. The molecule has 21 heavy (non-hydrogen) atoms. The number of aromatic nitrogens is 1. The molecule has 1 unspecified atom stereocenters. The second-order valence-corrected chi connectivity index (χ2v) is 4.15. The predicted octanol–water partition coefficient (Wildman–Crippen LogP) is 1.27. The van der Waals surface area contributed by atoms with Crippen molar-refractivity contribution >= 4 is 11.7 Å². The molecule has 0 fully saturated rings. The molecule has 0 spiro atoms. The maximum absolute atomic E-state index is 12.6. The van der Waals surface area contributed by atoms with Crippen LogP contribution in [0.25, 0.3) is 0 Å². The van der Waals surface area contributed by atoms with Gasteiger partial charge in [0.05, 0.1) is 18.3 Å². The summed E-state index contributed by atoms with van der Waals surface area (Å²) in [7, 11) is 2.89. The van der Waals surface area contributed by atoms with Crippen molar-refractivity contribution < 1.29 is 27.4 Å². The highest BCUT2D eigenvalue weighted by molar-refractivity contribution is 5.97. The molecule has 0 radical (unpaired) electrons. The molecule has 1 rings (SSSR count). The first-order valence-electron chi connectivity index (χ1n) is 5.93. The monoisotopic (exact) mass is 307 g/mol. The quantitative estimate of drug-likeness (QED) is 0.792. The van der Waals surface area contributed by atoms with E-state index in [1.165, 1.54) is 14.2 Å². The molecular weight excluding hydrogens is 291 g/mol. The number of alkyl halides is 3. The third-order valence-electron chi connectivity index (χ3n) is 2.63. The number of amides is 1. The van der Waals surface area contributed by atoms with Crippen LogP contribution in [-0.4, -0.2) is 44.4 Å². The molecule has 1 amide bonds. The minimum atomic E-state index is -4.61. The van der Waals surface area contributed by atoms with Crippen LogP contribution in [0.5, 0.6) is 0 Å². The number of nitrogens with two attached hydrogens (primary N) is 1. The molecule has 9 heteroatoms. The Morgan fingerprint density at radius 2 is 2.10 bits per heavy atom. The van der Waals surface area contributed by atoms with Gasteiger partial charge in [0.2, 0.25) is 0 Å². The molecule has 3 N–H and O–H groups in total. The Kier molecular flexibility index (Phi) is 5.91. The van der Waals surface area contributed by atoms with Crippen LogP contribution in [0.4, 0.5) is 19.0 Å². The first kappa shape index (κ1) is 17.2. The lowest BCUT2D eigenvalue weighted by molar-refractivity contribution is -0.141. The fourth-order valence-corrected chi connectivity index (χ4v) is 1.56. The smallest absolute Gasteiger partial charge is 0.382 e. The third-order valence-corrected chi connectivity index (χ3v) is 2.63. The van der Waals surface area contributed by atoms with E-state index in [0.29, 0.717) is 6.07 Å². The maximum atomic E-state index is 12.6. The summed E-state index contributed by atoms with van der Waals surface area (Å²) < 4.78 is 47.8. The van der Waals surface area contributed by atoms with Gasteiger partial charge in [-0.25, -0.2) is 4.98 Å². The Morgan fingerprint density at radius 3 is 2.57 bits per heavy atom. The number of ether oxygens (including phenoxy) is 2. The van der Waals surface area contributed by atoms with Crippen molar-refractivity contribution in [2.45, 2.75) is 12.3 Å². The molecule has 1 aromatic rings. The molecule has 1 heterocycles. The zero-order chi connectivity index (χ0) is 16.0. The number of nitrogens with zero attached hydrogens (tertiary/aromatic N) is 1. The van der Waals surface area contributed by atoms with Gasteiger partial charge in [-0.15, -0.1) is 0 Å². The third kappa shape index (κ3) is 4.87. The molecule has 1 atom stereocenters.